The van der Waals surface area contributed by atoms with E-state index in [4.69, 9.17) is 15.2 Å². The monoisotopic (exact) mass is 257 g/mol. The number of carbonyl (C=O) groups excluding carboxylic acids is 1. The number of benzene rings is 1. The van der Waals surface area contributed by atoms with Crippen LogP contribution in [0.2, 0.25) is 0 Å². The summed E-state index contributed by atoms with van der Waals surface area (Å²) in [5.41, 5.74) is 6.56. The van der Waals surface area contributed by atoms with Crippen molar-refractivity contribution in [2.45, 2.75) is 0 Å². The van der Waals surface area contributed by atoms with Gasteiger partial charge in [-0.3, -0.25) is 4.79 Å². The van der Waals surface area contributed by atoms with Crippen LogP contribution >= 0.6 is 0 Å². The molecule has 1 aromatic carbocycles. The lowest BCUT2D eigenvalue weighted by Crippen LogP contribution is -2.32. The van der Waals surface area contributed by atoms with Gasteiger partial charge in [0, 0.05) is 18.2 Å². The number of ether oxygens (including phenoxy) is 2. The smallest absolute Gasteiger partial charge is 0.256 e. The predicted molar refractivity (Wildman–Crippen MR) is 67.5 cm³/mol. The van der Waals surface area contributed by atoms with Gasteiger partial charge >= 0.3 is 0 Å². The quantitative estimate of drug-likeness (QED) is 0.810. The molecule has 2 aromatic rings. The molecule has 0 fully saturated rings. The summed E-state index contributed by atoms with van der Waals surface area (Å²) in [5.74, 6) is 1.00. The molecule has 1 amide bonds. The Morgan fingerprint density at radius 2 is 1.84 bits per heavy atom. The Kier molecular flexibility index (Phi) is 2.79. The van der Waals surface area contributed by atoms with Gasteiger partial charge in [-0.05, 0) is 6.07 Å². The third-order valence-corrected chi connectivity index (χ3v) is 2.94. The fourth-order valence-corrected chi connectivity index (χ4v) is 2.01. The van der Waals surface area contributed by atoms with Gasteiger partial charge in [-0.2, -0.15) is 4.57 Å². The number of para-hydroxylation sites is 1. The fraction of sp³-hybridized carbons (Fsp3) is 0.143. The summed E-state index contributed by atoms with van der Waals surface area (Å²) >= 11 is 0. The molecule has 0 aliphatic carbocycles. The minimum atomic E-state index is -0.443. The standard InChI is InChI=1S/C14H12N2O3/c15-14(17)10-4-6-16(7-5-10)11-2-1-3-12-13(11)19-9-8-18-12/h1-7H,8-9H2,(H-,15,17)/p+1. The van der Waals surface area contributed by atoms with Crippen molar-refractivity contribution in [1.82, 2.24) is 0 Å². The highest BCUT2D eigenvalue weighted by atomic mass is 16.6. The number of carbonyl (C=O) groups is 1. The SMILES string of the molecule is NC(=O)c1cc[n+](-c2cccc3c2OCCO3)cc1. The Labute approximate surface area is 110 Å². The molecule has 0 radical (unpaired) electrons. The summed E-state index contributed by atoms with van der Waals surface area (Å²) in [7, 11) is 0. The van der Waals surface area contributed by atoms with Gasteiger partial charge in [-0.1, -0.05) is 6.07 Å². The predicted octanol–water partition coefficient (Wildman–Crippen LogP) is 0.833. The molecule has 19 heavy (non-hydrogen) atoms. The van der Waals surface area contributed by atoms with Crippen LogP contribution in [0.3, 0.4) is 0 Å². The van der Waals surface area contributed by atoms with Crippen molar-refractivity contribution in [3.63, 3.8) is 0 Å². The lowest BCUT2D eigenvalue weighted by Gasteiger charge is -2.18. The molecule has 5 heteroatoms. The van der Waals surface area contributed by atoms with Gasteiger partial charge in [-0.25, -0.2) is 0 Å². The number of hydrogen-bond donors (Lipinski definition) is 1. The molecule has 96 valence electrons. The van der Waals surface area contributed by atoms with Crippen molar-refractivity contribution < 1.29 is 18.8 Å². The molecule has 1 aliphatic heterocycles. The highest BCUT2D eigenvalue weighted by Crippen LogP contribution is 2.33. The van der Waals surface area contributed by atoms with Crippen molar-refractivity contribution in [3.05, 3.63) is 48.3 Å². The lowest BCUT2D eigenvalue weighted by atomic mass is 10.2. The summed E-state index contributed by atoms with van der Waals surface area (Å²) in [6, 6.07) is 9.04. The van der Waals surface area contributed by atoms with Crippen LogP contribution in [0, 0.1) is 0 Å². The maximum atomic E-state index is 11.0. The molecular weight excluding hydrogens is 244 g/mol. The topological polar surface area (TPSA) is 65.4 Å². The van der Waals surface area contributed by atoms with Crippen LogP contribution in [0.5, 0.6) is 11.5 Å². The Balaban J connectivity index is 2.04. The van der Waals surface area contributed by atoms with Crippen LogP contribution in [0.4, 0.5) is 0 Å². The van der Waals surface area contributed by atoms with Crippen LogP contribution in [0.1, 0.15) is 10.4 Å². The van der Waals surface area contributed by atoms with Crippen molar-refractivity contribution in [2.24, 2.45) is 5.73 Å². The molecule has 0 saturated carbocycles. The third kappa shape index (κ3) is 2.10. The number of amides is 1. The molecule has 2 heterocycles. The zero-order chi connectivity index (χ0) is 13.2. The second-order valence-corrected chi connectivity index (χ2v) is 4.16. The van der Waals surface area contributed by atoms with Crippen LogP contribution in [-0.4, -0.2) is 19.1 Å². The average molecular weight is 257 g/mol. The maximum absolute atomic E-state index is 11.0. The van der Waals surface area contributed by atoms with Gasteiger partial charge in [0.05, 0.1) is 5.56 Å². The first-order valence-electron chi connectivity index (χ1n) is 5.96. The molecule has 5 nitrogen and oxygen atoms in total. The lowest BCUT2D eigenvalue weighted by molar-refractivity contribution is -0.596. The molecule has 0 bridgehead atoms. The van der Waals surface area contributed by atoms with Crippen LogP contribution in [0.25, 0.3) is 5.69 Å². The van der Waals surface area contributed by atoms with Gasteiger partial charge in [0.15, 0.2) is 18.1 Å². The third-order valence-electron chi connectivity index (χ3n) is 2.94. The zero-order valence-electron chi connectivity index (χ0n) is 10.2. The Bertz CT molecular complexity index is 623. The van der Waals surface area contributed by atoms with Crippen molar-refractivity contribution in [2.75, 3.05) is 13.2 Å². The first-order chi connectivity index (χ1) is 9.25. The number of hydrogen-bond acceptors (Lipinski definition) is 3. The van der Waals surface area contributed by atoms with Crippen LogP contribution in [0.15, 0.2) is 42.7 Å². The molecule has 1 aliphatic rings. The number of nitrogens with two attached hydrogens (primary N) is 1. The van der Waals surface area contributed by atoms with Gasteiger partial charge in [-0.15, -0.1) is 0 Å². The van der Waals surface area contributed by atoms with Crippen molar-refractivity contribution in [1.29, 1.82) is 0 Å². The number of nitrogens with zero attached hydrogens (tertiary/aromatic N) is 1. The Morgan fingerprint density at radius 1 is 1.11 bits per heavy atom. The van der Waals surface area contributed by atoms with Gasteiger partial charge in [0.2, 0.25) is 11.7 Å². The molecule has 0 unspecified atom stereocenters. The minimum Gasteiger partial charge on any atom is -0.486 e. The van der Waals surface area contributed by atoms with Gasteiger partial charge in [0.1, 0.15) is 13.2 Å². The molecular formula is C14H13N2O3+. The number of fused-ring (bicyclic) bond motifs is 1. The van der Waals surface area contributed by atoms with E-state index in [0.29, 0.717) is 24.5 Å². The Hall–Kier alpha value is -2.56. The number of primary amides is 1. The first kappa shape index (κ1) is 11.5. The summed E-state index contributed by atoms with van der Waals surface area (Å²) in [6.45, 7) is 1.09. The van der Waals surface area contributed by atoms with Gasteiger partial charge < -0.3 is 15.2 Å². The fourth-order valence-electron chi connectivity index (χ4n) is 2.01. The molecule has 2 N–H and O–H groups in total. The van der Waals surface area contributed by atoms with Crippen molar-refractivity contribution in [3.8, 4) is 17.2 Å². The van der Waals surface area contributed by atoms with Crippen LogP contribution in [-0.2, 0) is 0 Å². The van der Waals surface area contributed by atoms with Crippen molar-refractivity contribution >= 4 is 5.91 Å². The van der Waals surface area contributed by atoms with E-state index in [2.05, 4.69) is 0 Å². The molecule has 0 spiro atoms. The van der Waals surface area contributed by atoms with E-state index in [-0.39, 0.29) is 0 Å². The van der Waals surface area contributed by atoms with E-state index >= 15 is 0 Å². The normalized spacial score (nSPS) is 13.1. The molecule has 0 atom stereocenters. The number of pyridine rings is 1. The summed E-state index contributed by atoms with van der Waals surface area (Å²) in [4.78, 5) is 11.0. The summed E-state index contributed by atoms with van der Waals surface area (Å²) in [6.07, 6.45) is 3.54. The van der Waals surface area contributed by atoms with E-state index in [0.717, 1.165) is 11.4 Å². The summed E-state index contributed by atoms with van der Waals surface area (Å²) in [5, 5.41) is 0. The van der Waals surface area contributed by atoms with Gasteiger partial charge in [0.25, 0.3) is 5.69 Å². The zero-order valence-corrected chi connectivity index (χ0v) is 10.2. The molecule has 1 aromatic heterocycles. The maximum Gasteiger partial charge on any atom is 0.256 e. The number of aromatic nitrogens is 1. The first-order valence-corrected chi connectivity index (χ1v) is 5.96. The Morgan fingerprint density at radius 3 is 2.58 bits per heavy atom. The highest BCUT2D eigenvalue weighted by Gasteiger charge is 2.22. The van der Waals surface area contributed by atoms with E-state index in [1.165, 1.54) is 0 Å². The van der Waals surface area contributed by atoms with E-state index in [1.807, 2.05) is 22.8 Å². The van der Waals surface area contributed by atoms with E-state index in [1.54, 1.807) is 24.5 Å². The second kappa shape index (κ2) is 4.61. The van der Waals surface area contributed by atoms with Crippen LogP contribution < -0.4 is 19.8 Å². The minimum absolute atomic E-state index is 0.443. The highest BCUT2D eigenvalue weighted by molar-refractivity contribution is 5.92. The largest absolute Gasteiger partial charge is 0.486 e. The molecule has 0 saturated heterocycles. The number of rotatable bonds is 2. The second-order valence-electron chi connectivity index (χ2n) is 4.16. The molecule has 3 rings (SSSR count). The van der Waals surface area contributed by atoms with E-state index < -0.39 is 5.91 Å². The van der Waals surface area contributed by atoms with E-state index in [9.17, 15) is 4.79 Å². The average Bonchev–Trinajstić information content (AvgIpc) is 2.47. The summed E-state index contributed by atoms with van der Waals surface area (Å²) < 4.78 is 13.0.